The van der Waals surface area contributed by atoms with E-state index in [1.54, 1.807) is 6.92 Å². The fourth-order valence-corrected chi connectivity index (χ4v) is 1.58. The first-order valence-electron chi connectivity index (χ1n) is 6.05. The molecule has 0 heterocycles. The van der Waals surface area contributed by atoms with Gasteiger partial charge in [0.2, 0.25) is 5.24 Å². The van der Waals surface area contributed by atoms with Crippen LogP contribution in [0.2, 0.25) is 0 Å². The molecule has 0 fully saturated rings. The summed E-state index contributed by atoms with van der Waals surface area (Å²) in [7, 11) is 0. The van der Waals surface area contributed by atoms with Gasteiger partial charge in [-0.1, -0.05) is 51.5 Å². The van der Waals surface area contributed by atoms with Gasteiger partial charge in [-0.25, -0.2) is 0 Å². The Kier molecular flexibility index (Phi) is 10.0. The largest absolute Gasteiger partial charge is 0.276 e. The first kappa shape index (κ1) is 14.7. The Morgan fingerprint density at radius 2 is 1.60 bits per heavy atom. The first-order chi connectivity index (χ1) is 7.18. The van der Waals surface area contributed by atoms with Gasteiger partial charge in [0.1, 0.15) is 0 Å². The summed E-state index contributed by atoms with van der Waals surface area (Å²) in [6, 6.07) is 0. The second kappa shape index (κ2) is 10.2. The molecule has 0 aliphatic heterocycles. The SMILES string of the molecule is CCCCCCCCCC=C(C)C(=O)Cl. The van der Waals surface area contributed by atoms with Crippen LogP contribution in [0.25, 0.3) is 0 Å². The van der Waals surface area contributed by atoms with Crippen molar-refractivity contribution < 1.29 is 4.79 Å². The molecule has 1 nitrogen and oxygen atoms in total. The summed E-state index contributed by atoms with van der Waals surface area (Å²) in [4.78, 5) is 10.7. The maximum atomic E-state index is 10.7. The Morgan fingerprint density at radius 3 is 2.13 bits per heavy atom. The normalized spacial score (nSPS) is 11.8. The molecule has 0 rings (SSSR count). The van der Waals surface area contributed by atoms with Crippen molar-refractivity contribution in [1.82, 2.24) is 0 Å². The van der Waals surface area contributed by atoms with Gasteiger partial charge in [0.15, 0.2) is 0 Å². The molecule has 0 atom stereocenters. The maximum absolute atomic E-state index is 10.7. The number of halogens is 1. The minimum atomic E-state index is -0.321. The van der Waals surface area contributed by atoms with Crippen LogP contribution in [0.3, 0.4) is 0 Å². The highest BCUT2D eigenvalue weighted by atomic mass is 35.5. The number of rotatable bonds is 9. The standard InChI is InChI=1S/C13H23ClO/c1-3-4-5-6-7-8-9-10-11-12(2)13(14)15/h11H,3-10H2,1-2H3. The molecule has 0 amide bonds. The van der Waals surface area contributed by atoms with Crippen molar-refractivity contribution in [3.05, 3.63) is 11.6 Å². The number of hydrogen-bond acceptors (Lipinski definition) is 1. The summed E-state index contributed by atoms with van der Waals surface area (Å²) in [5, 5.41) is -0.321. The minimum Gasteiger partial charge on any atom is -0.276 e. The zero-order valence-electron chi connectivity index (χ0n) is 10.0. The zero-order valence-corrected chi connectivity index (χ0v) is 10.8. The van der Waals surface area contributed by atoms with Gasteiger partial charge in [-0.05, 0) is 31.4 Å². The van der Waals surface area contributed by atoms with E-state index in [1.807, 2.05) is 6.08 Å². The molecule has 0 aliphatic carbocycles. The van der Waals surface area contributed by atoms with E-state index in [0.717, 1.165) is 6.42 Å². The van der Waals surface area contributed by atoms with Crippen LogP contribution in [0.4, 0.5) is 0 Å². The van der Waals surface area contributed by atoms with Crippen LogP contribution in [0, 0.1) is 0 Å². The summed E-state index contributed by atoms with van der Waals surface area (Å²) in [5.41, 5.74) is 0.683. The summed E-state index contributed by atoms with van der Waals surface area (Å²) < 4.78 is 0. The monoisotopic (exact) mass is 230 g/mol. The van der Waals surface area contributed by atoms with Gasteiger partial charge < -0.3 is 0 Å². The van der Waals surface area contributed by atoms with Crippen molar-refractivity contribution in [1.29, 1.82) is 0 Å². The summed E-state index contributed by atoms with van der Waals surface area (Å²) in [6.45, 7) is 4.01. The van der Waals surface area contributed by atoms with Gasteiger partial charge in [0.25, 0.3) is 0 Å². The topological polar surface area (TPSA) is 17.1 Å². The molecule has 0 N–H and O–H groups in total. The Morgan fingerprint density at radius 1 is 1.07 bits per heavy atom. The van der Waals surface area contributed by atoms with E-state index in [2.05, 4.69) is 6.92 Å². The van der Waals surface area contributed by atoms with Gasteiger partial charge in [0.05, 0.1) is 0 Å². The van der Waals surface area contributed by atoms with E-state index in [4.69, 9.17) is 11.6 Å². The van der Waals surface area contributed by atoms with Crippen LogP contribution in [0.1, 0.15) is 65.2 Å². The molecule has 0 unspecified atom stereocenters. The third-order valence-electron chi connectivity index (χ3n) is 2.57. The molecule has 0 aromatic carbocycles. The van der Waals surface area contributed by atoms with Crippen molar-refractivity contribution in [2.75, 3.05) is 0 Å². The van der Waals surface area contributed by atoms with Crippen molar-refractivity contribution in [3.8, 4) is 0 Å². The van der Waals surface area contributed by atoms with Crippen LogP contribution in [0.15, 0.2) is 11.6 Å². The van der Waals surface area contributed by atoms with Gasteiger partial charge in [0, 0.05) is 5.57 Å². The second-order valence-electron chi connectivity index (χ2n) is 4.07. The number of carbonyl (C=O) groups is 1. The zero-order chi connectivity index (χ0) is 11.5. The highest BCUT2D eigenvalue weighted by molar-refractivity contribution is 6.67. The highest BCUT2D eigenvalue weighted by Gasteiger charge is 1.97. The summed E-state index contributed by atoms with van der Waals surface area (Å²) in [5.74, 6) is 0. The van der Waals surface area contributed by atoms with E-state index in [0.29, 0.717) is 5.57 Å². The molecule has 0 aliphatic rings. The van der Waals surface area contributed by atoms with E-state index in [-0.39, 0.29) is 5.24 Å². The van der Waals surface area contributed by atoms with Gasteiger partial charge in [-0.3, -0.25) is 4.79 Å². The number of unbranched alkanes of at least 4 members (excludes halogenated alkanes) is 7. The fraction of sp³-hybridized carbons (Fsp3) is 0.769. The Labute approximate surface area is 98.9 Å². The molecule has 0 bridgehead atoms. The molecule has 0 saturated carbocycles. The van der Waals surface area contributed by atoms with Gasteiger partial charge in [-0.2, -0.15) is 0 Å². The van der Waals surface area contributed by atoms with Gasteiger partial charge in [-0.15, -0.1) is 0 Å². The Hall–Kier alpha value is -0.300. The van der Waals surface area contributed by atoms with Crippen molar-refractivity contribution >= 4 is 16.8 Å². The van der Waals surface area contributed by atoms with E-state index < -0.39 is 0 Å². The quantitative estimate of drug-likeness (QED) is 0.315. The molecule has 0 radical (unpaired) electrons. The van der Waals surface area contributed by atoms with Crippen molar-refractivity contribution in [3.63, 3.8) is 0 Å². The number of allylic oxidation sites excluding steroid dienone is 2. The van der Waals surface area contributed by atoms with Crippen LogP contribution >= 0.6 is 11.6 Å². The van der Waals surface area contributed by atoms with Crippen LogP contribution in [0.5, 0.6) is 0 Å². The fourth-order valence-electron chi connectivity index (χ4n) is 1.50. The first-order valence-corrected chi connectivity index (χ1v) is 6.43. The molecular formula is C13H23ClO. The third kappa shape index (κ3) is 9.99. The lowest BCUT2D eigenvalue weighted by molar-refractivity contribution is -0.108. The van der Waals surface area contributed by atoms with Crippen molar-refractivity contribution in [2.45, 2.75) is 65.2 Å². The Balaban J connectivity index is 3.25. The predicted octanol–water partition coefficient (Wildman–Crippen LogP) is 4.84. The molecule has 0 aromatic heterocycles. The van der Waals surface area contributed by atoms with Crippen LogP contribution in [-0.4, -0.2) is 5.24 Å². The lowest BCUT2D eigenvalue weighted by Crippen LogP contribution is -1.87. The maximum Gasteiger partial charge on any atom is 0.247 e. The predicted molar refractivity (Wildman–Crippen MR) is 67.2 cm³/mol. The number of carbonyl (C=O) groups excluding carboxylic acids is 1. The lowest BCUT2D eigenvalue weighted by Gasteiger charge is -1.99. The van der Waals surface area contributed by atoms with E-state index in [9.17, 15) is 4.79 Å². The smallest absolute Gasteiger partial charge is 0.247 e. The molecule has 0 aromatic rings. The van der Waals surface area contributed by atoms with E-state index in [1.165, 1.54) is 44.9 Å². The molecule has 88 valence electrons. The molecular weight excluding hydrogens is 208 g/mol. The average molecular weight is 231 g/mol. The molecule has 2 heteroatoms. The molecule has 0 spiro atoms. The third-order valence-corrected chi connectivity index (χ3v) is 2.87. The molecule has 0 saturated heterocycles. The summed E-state index contributed by atoms with van der Waals surface area (Å²) in [6.07, 6.45) is 12.1. The average Bonchev–Trinajstić information content (AvgIpc) is 2.21. The van der Waals surface area contributed by atoms with Gasteiger partial charge >= 0.3 is 0 Å². The number of hydrogen-bond donors (Lipinski definition) is 0. The second-order valence-corrected chi connectivity index (χ2v) is 4.41. The summed E-state index contributed by atoms with van der Waals surface area (Å²) >= 11 is 5.32. The highest BCUT2D eigenvalue weighted by Crippen LogP contribution is 2.10. The Bertz CT molecular complexity index is 197. The van der Waals surface area contributed by atoms with Crippen LogP contribution in [-0.2, 0) is 4.79 Å². The molecule has 15 heavy (non-hydrogen) atoms. The van der Waals surface area contributed by atoms with Crippen LogP contribution < -0.4 is 0 Å². The minimum absolute atomic E-state index is 0.321. The van der Waals surface area contributed by atoms with Crippen molar-refractivity contribution in [2.24, 2.45) is 0 Å². The lowest BCUT2D eigenvalue weighted by atomic mass is 10.1. The van der Waals surface area contributed by atoms with E-state index >= 15 is 0 Å².